The zero-order valence-electron chi connectivity index (χ0n) is 9.66. The number of nitrogens with one attached hydrogen (secondary N) is 1. The maximum Gasteiger partial charge on any atom is 0.236 e. The average molecular weight is 269 g/mol. The number of carbonyl (C=O) groups excluding carboxylic acids is 1. The lowest BCUT2D eigenvalue weighted by Gasteiger charge is -2.44. The highest BCUT2D eigenvalue weighted by molar-refractivity contribution is 7.80. The molecule has 0 aliphatic carbocycles. The number of likely N-dealkylation sites (tertiary alicyclic amines) is 1. The number of benzene rings is 1. The maximum absolute atomic E-state index is 11.8. The van der Waals surface area contributed by atoms with Crippen molar-refractivity contribution in [3.63, 3.8) is 0 Å². The van der Waals surface area contributed by atoms with Crippen LogP contribution in [0.5, 0.6) is 0 Å². The minimum atomic E-state index is -0.292. The normalized spacial score (nSPS) is 17.6. The second-order valence-electron chi connectivity index (χ2n) is 4.72. The molecule has 0 spiro atoms. The number of hydrogen-bond acceptors (Lipinski definition) is 2. The van der Waals surface area contributed by atoms with Crippen LogP contribution >= 0.6 is 23.8 Å². The Hall–Kier alpha value is -1.13. The Morgan fingerprint density at radius 2 is 2.24 bits per heavy atom. The third kappa shape index (κ3) is 2.42. The van der Waals surface area contributed by atoms with Crippen LogP contribution in [0, 0.1) is 5.41 Å². The van der Waals surface area contributed by atoms with E-state index in [1.807, 2.05) is 26.0 Å². The predicted octanol–water partition coefficient (Wildman–Crippen LogP) is 2.91. The molecule has 1 aromatic carbocycles. The van der Waals surface area contributed by atoms with Crippen molar-refractivity contribution in [1.82, 2.24) is 4.90 Å². The third-order valence-corrected chi connectivity index (χ3v) is 3.26. The molecule has 0 saturated carbocycles. The van der Waals surface area contributed by atoms with Crippen LogP contribution in [0.25, 0.3) is 0 Å². The molecule has 1 heterocycles. The van der Waals surface area contributed by atoms with Crippen molar-refractivity contribution in [2.75, 3.05) is 11.9 Å². The Morgan fingerprint density at radius 3 is 2.76 bits per heavy atom. The van der Waals surface area contributed by atoms with Crippen LogP contribution in [0.3, 0.4) is 0 Å². The van der Waals surface area contributed by atoms with Crippen molar-refractivity contribution in [2.45, 2.75) is 13.8 Å². The van der Waals surface area contributed by atoms with Gasteiger partial charge in [-0.3, -0.25) is 9.69 Å². The molecule has 0 unspecified atom stereocenters. The van der Waals surface area contributed by atoms with Gasteiger partial charge in [0.2, 0.25) is 5.91 Å². The van der Waals surface area contributed by atoms with Gasteiger partial charge in [-0.15, -0.1) is 0 Å². The van der Waals surface area contributed by atoms with Crippen LogP contribution in [0.1, 0.15) is 13.8 Å². The zero-order valence-corrected chi connectivity index (χ0v) is 11.2. The summed E-state index contributed by atoms with van der Waals surface area (Å²) in [7, 11) is 0. The molecule has 5 heteroatoms. The van der Waals surface area contributed by atoms with E-state index in [0.29, 0.717) is 16.7 Å². The van der Waals surface area contributed by atoms with E-state index < -0.39 is 0 Å². The molecule has 1 aromatic rings. The largest absolute Gasteiger partial charge is 0.332 e. The maximum atomic E-state index is 11.8. The van der Waals surface area contributed by atoms with Gasteiger partial charge in [0.05, 0.1) is 5.41 Å². The van der Waals surface area contributed by atoms with E-state index in [2.05, 4.69) is 5.32 Å². The fraction of sp³-hybridized carbons (Fsp3) is 0.333. The molecule has 17 heavy (non-hydrogen) atoms. The Bertz CT molecular complexity index is 487. The molecule has 1 saturated heterocycles. The summed E-state index contributed by atoms with van der Waals surface area (Å²) >= 11 is 11.0. The first kappa shape index (κ1) is 12.3. The molecule has 0 aromatic heterocycles. The highest BCUT2D eigenvalue weighted by Crippen LogP contribution is 2.31. The van der Waals surface area contributed by atoms with Gasteiger partial charge in [-0.25, -0.2) is 0 Å². The molecule has 1 N–H and O–H groups in total. The Morgan fingerprint density at radius 1 is 1.53 bits per heavy atom. The van der Waals surface area contributed by atoms with Crippen molar-refractivity contribution < 1.29 is 4.79 Å². The van der Waals surface area contributed by atoms with Gasteiger partial charge < -0.3 is 5.32 Å². The van der Waals surface area contributed by atoms with Gasteiger partial charge >= 0.3 is 0 Å². The van der Waals surface area contributed by atoms with E-state index in [-0.39, 0.29) is 11.3 Å². The first-order chi connectivity index (χ1) is 7.90. The van der Waals surface area contributed by atoms with E-state index in [0.717, 1.165) is 5.69 Å². The van der Waals surface area contributed by atoms with Crippen molar-refractivity contribution in [1.29, 1.82) is 0 Å². The number of rotatable bonds is 1. The zero-order chi connectivity index (χ0) is 12.6. The summed E-state index contributed by atoms with van der Waals surface area (Å²) in [6.45, 7) is 4.47. The lowest BCUT2D eigenvalue weighted by Crippen LogP contribution is -2.61. The summed E-state index contributed by atoms with van der Waals surface area (Å²) in [5.41, 5.74) is 0.500. The summed E-state index contributed by atoms with van der Waals surface area (Å²) in [5.74, 6) is 0.0528. The van der Waals surface area contributed by atoms with Crippen LogP contribution < -0.4 is 5.32 Å². The smallest absolute Gasteiger partial charge is 0.236 e. The van der Waals surface area contributed by atoms with Crippen molar-refractivity contribution in [2.24, 2.45) is 5.41 Å². The number of amides is 1. The lowest BCUT2D eigenvalue weighted by atomic mass is 9.83. The Labute approximate surface area is 111 Å². The van der Waals surface area contributed by atoms with Gasteiger partial charge in [0.25, 0.3) is 0 Å². The van der Waals surface area contributed by atoms with Gasteiger partial charge in [0.1, 0.15) is 0 Å². The molecular weight excluding hydrogens is 256 g/mol. The molecule has 1 fully saturated rings. The van der Waals surface area contributed by atoms with Crippen molar-refractivity contribution in [3.8, 4) is 0 Å². The van der Waals surface area contributed by atoms with E-state index in [1.54, 1.807) is 17.0 Å². The van der Waals surface area contributed by atoms with Crippen molar-refractivity contribution >= 4 is 40.5 Å². The number of halogens is 1. The molecule has 90 valence electrons. The second kappa shape index (κ2) is 4.27. The number of anilines is 1. The lowest BCUT2D eigenvalue weighted by molar-refractivity contribution is -0.149. The van der Waals surface area contributed by atoms with Crippen LogP contribution in [0.15, 0.2) is 24.3 Å². The average Bonchev–Trinajstić information content (AvgIpc) is 2.25. The van der Waals surface area contributed by atoms with Gasteiger partial charge in [-0.05, 0) is 44.3 Å². The monoisotopic (exact) mass is 268 g/mol. The van der Waals surface area contributed by atoms with Crippen LogP contribution in [-0.4, -0.2) is 22.5 Å². The van der Waals surface area contributed by atoms with Crippen LogP contribution in [0.2, 0.25) is 5.02 Å². The number of thiocarbonyl (C=S) groups is 1. The minimum Gasteiger partial charge on any atom is -0.332 e. The van der Waals surface area contributed by atoms with E-state index >= 15 is 0 Å². The Kier molecular flexibility index (Phi) is 3.10. The summed E-state index contributed by atoms with van der Waals surface area (Å²) < 4.78 is 0. The molecule has 0 radical (unpaired) electrons. The second-order valence-corrected chi connectivity index (χ2v) is 5.54. The van der Waals surface area contributed by atoms with Gasteiger partial charge in [-0.2, -0.15) is 0 Å². The van der Waals surface area contributed by atoms with Gasteiger partial charge in [-0.1, -0.05) is 17.7 Å². The standard InChI is InChI=1S/C12H13ClN2OS/c1-12(2)7-15(10(12)16)11(17)14-9-5-3-4-8(13)6-9/h3-6H,7H2,1-2H3,(H,14,17). The first-order valence-corrected chi connectivity index (χ1v) is 6.07. The topological polar surface area (TPSA) is 32.3 Å². The fourth-order valence-corrected chi connectivity index (χ4v) is 2.19. The molecule has 1 amide bonds. The Balaban J connectivity index is 2.02. The highest BCUT2D eigenvalue weighted by atomic mass is 35.5. The van der Waals surface area contributed by atoms with E-state index in [1.165, 1.54) is 0 Å². The summed E-state index contributed by atoms with van der Waals surface area (Å²) in [6.07, 6.45) is 0. The quantitative estimate of drug-likeness (QED) is 0.628. The highest BCUT2D eigenvalue weighted by Gasteiger charge is 2.46. The molecule has 0 atom stereocenters. The molecule has 2 rings (SSSR count). The predicted molar refractivity (Wildman–Crippen MR) is 73.2 cm³/mol. The van der Waals surface area contributed by atoms with E-state index in [4.69, 9.17) is 23.8 Å². The number of β-lactam (4-membered cyclic amide) rings is 1. The fourth-order valence-electron chi connectivity index (χ4n) is 1.73. The minimum absolute atomic E-state index is 0.0528. The van der Waals surface area contributed by atoms with E-state index in [9.17, 15) is 4.79 Å². The number of hydrogen-bond donors (Lipinski definition) is 1. The number of carbonyl (C=O) groups is 1. The van der Waals surface area contributed by atoms with Gasteiger partial charge in [0.15, 0.2) is 5.11 Å². The molecule has 1 aliphatic rings. The summed E-state index contributed by atoms with van der Waals surface area (Å²) in [6, 6.07) is 7.24. The number of nitrogens with zero attached hydrogens (tertiary/aromatic N) is 1. The first-order valence-electron chi connectivity index (χ1n) is 5.29. The summed E-state index contributed by atoms with van der Waals surface area (Å²) in [4.78, 5) is 13.3. The molecule has 3 nitrogen and oxygen atoms in total. The molecule has 0 bridgehead atoms. The van der Waals surface area contributed by atoms with Crippen LogP contribution in [-0.2, 0) is 4.79 Å². The molecular formula is C12H13ClN2OS. The van der Waals surface area contributed by atoms with Crippen molar-refractivity contribution in [3.05, 3.63) is 29.3 Å². The molecule has 1 aliphatic heterocycles. The third-order valence-electron chi connectivity index (χ3n) is 2.70. The van der Waals surface area contributed by atoms with Crippen LogP contribution in [0.4, 0.5) is 5.69 Å². The SMILES string of the molecule is CC1(C)CN(C(=S)Nc2cccc(Cl)c2)C1=O. The van der Waals surface area contributed by atoms with Gasteiger partial charge in [0, 0.05) is 17.3 Å². The summed E-state index contributed by atoms with van der Waals surface area (Å²) in [5, 5.41) is 4.06.